The van der Waals surface area contributed by atoms with Gasteiger partial charge in [-0.25, -0.2) is 13.5 Å². The number of nitrogens with zero attached hydrogens (tertiary/aromatic N) is 3. The summed E-state index contributed by atoms with van der Waals surface area (Å²) in [5.41, 5.74) is 4.93. The number of carbonyl (C=O) groups is 1. The van der Waals surface area contributed by atoms with E-state index in [0.29, 0.717) is 17.5 Å². The highest BCUT2D eigenvalue weighted by Gasteiger charge is 2.49. The van der Waals surface area contributed by atoms with Crippen molar-refractivity contribution >= 4 is 12.0 Å². The van der Waals surface area contributed by atoms with Crippen molar-refractivity contribution in [1.29, 1.82) is 0 Å². The Morgan fingerprint density at radius 3 is 2.71 bits per heavy atom. The first-order chi connectivity index (χ1) is 16.8. The maximum absolute atomic E-state index is 14.1. The standard InChI is InChI=1S/C28H29F2N3O2/c1-18-3-4-19(13-25(18)30)17-32(11-12-34)27(35)24-10-5-21-14-26-20(15-28(21,24)2)16-31-33(26)23-8-6-22(29)7-9-23/h3-4,6-9,13-14,16,24,34H,5,10-12,15,17H2,1-2H3/t24-,28+/m1/s1. The van der Waals surface area contributed by atoms with Gasteiger partial charge in [0, 0.05) is 24.4 Å². The number of allylic oxidation sites excluding steroid dienone is 1. The van der Waals surface area contributed by atoms with E-state index in [9.17, 15) is 18.7 Å². The lowest BCUT2D eigenvalue weighted by atomic mass is 9.69. The summed E-state index contributed by atoms with van der Waals surface area (Å²) in [6.45, 7) is 4.15. The number of halogens is 2. The van der Waals surface area contributed by atoms with Gasteiger partial charge in [-0.05, 0) is 79.3 Å². The second-order valence-corrected chi connectivity index (χ2v) is 9.87. The molecule has 1 amide bonds. The Bertz CT molecular complexity index is 1300. The quantitative estimate of drug-likeness (QED) is 0.553. The van der Waals surface area contributed by atoms with E-state index < -0.39 is 0 Å². The summed E-state index contributed by atoms with van der Waals surface area (Å²) in [6.07, 6.45) is 6.16. The van der Waals surface area contributed by atoms with Gasteiger partial charge in [-0.1, -0.05) is 24.6 Å². The lowest BCUT2D eigenvalue weighted by molar-refractivity contribution is -0.139. The summed E-state index contributed by atoms with van der Waals surface area (Å²) in [7, 11) is 0. The van der Waals surface area contributed by atoms with Crippen LogP contribution in [0.5, 0.6) is 0 Å². The Kier molecular flexibility index (Phi) is 6.05. The number of aliphatic hydroxyl groups is 1. The van der Waals surface area contributed by atoms with Crippen LogP contribution in [-0.4, -0.2) is 38.8 Å². The molecule has 7 heteroatoms. The zero-order valence-corrected chi connectivity index (χ0v) is 20.0. The summed E-state index contributed by atoms with van der Waals surface area (Å²) in [5.74, 6) is -0.841. The first-order valence-electron chi connectivity index (χ1n) is 12.0. The molecule has 5 rings (SSSR count). The summed E-state index contributed by atoms with van der Waals surface area (Å²) in [5, 5.41) is 14.2. The van der Waals surface area contributed by atoms with E-state index >= 15 is 0 Å². The molecule has 0 saturated heterocycles. The molecule has 1 heterocycles. The number of aliphatic hydroxyl groups excluding tert-OH is 1. The van der Waals surface area contributed by atoms with E-state index in [1.54, 1.807) is 30.0 Å². The van der Waals surface area contributed by atoms with Crippen LogP contribution in [0.25, 0.3) is 11.8 Å². The zero-order valence-electron chi connectivity index (χ0n) is 20.0. The van der Waals surface area contributed by atoms with E-state index in [1.165, 1.54) is 23.8 Å². The third-order valence-electron chi connectivity index (χ3n) is 7.62. The van der Waals surface area contributed by atoms with Crippen LogP contribution in [0.4, 0.5) is 8.78 Å². The van der Waals surface area contributed by atoms with Crippen molar-refractivity contribution in [2.75, 3.05) is 13.2 Å². The van der Waals surface area contributed by atoms with Gasteiger partial charge in [0.2, 0.25) is 5.91 Å². The molecule has 3 aromatic rings. The molecular formula is C28H29F2N3O2. The molecule has 182 valence electrons. The van der Waals surface area contributed by atoms with Gasteiger partial charge in [-0.15, -0.1) is 0 Å². The number of aryl methyl sites for hydroxylation is 1. The SMILES string of the molecule is Cc1ccc(CN(CCO)C(=O)[C@H]2CCC3=Cc4c(cnn4-c4ccc(F)cc4)C[C@@]32C)cc1F. The Morgan fingerprint density at radius 1 is 1.23 bits per heavy atom. The van der Waals surface area contributed by atoms with E-state index in [4.69, 9.17) is 0 Å². The summed E-state index contributed by atoms with van der Waals surface area (Å²) < 4.78 is 29.3. The van der Waals surface area contributed by atoms with Crippen molar-refractivity contribution in [3.8, 4) is 5.69 Å². The van der Waals surface area contributed by atoms with E-state index in [1.807, 2.05) is 16.9 Å². The molecule has 1 aromatic heterocycles. The highest BCUT2D eigenvalue weighted by atomic mass is 19.1. The molecular weight excluding hydrogens is 448 g/mol. The molecule has 0 bridgehead atoms. The predicted molar refractivity (Wildman–Crippen MR) is 130 cm³/mol. The van der Waals surface area contributed by atoms with Crippen molar-refractivity contribution in [3.05, 3.63) is 88.3 Å². The monoisotopic (exact) mass is 477 g/mol. The van der Waals surface area contributed by atoms with Gasteiger partial charge in [-0.2, -0.15) is 5.10 Å². The molecule has 1 saturated carbocycles. The maximum atomic E-state index is 14.1. The average Bonchev–Trinajstić information content (AvgIpc) is 3.39. The average molecular weight is 478 g/mol. The molecule has 0 radical (unpaired) electrons. The first-order valence-corrected chi connectivity index (χ1v) is 12.0. The molecule has 2 atom stereocenters. The third-order valence-corrected chi connectivity index (χ3v) is 7.62. The number of hydrogen-bond acceptors (Lipinski definition) is 3. The Hall–Kier alpha value is -3.32. The molecule has 0 aliphatic heterocycles. The van der Waals surface area contributed by atoms with Crippen molar-refractivity contribution in [2.45, 2.75) is 39.7 Å². The van der Waals surface area contributed by atoms with Crippen LogP contribution >= 0.6 is 0 Å². The number of rotatable bonds is 6. The van der Waals surface area contributed by atoms with Gasteiger partial charge in [-0.3, -0.25) is 4.79 Å². The summed E-state index contributed by atoms with van der Waals surface area (Å²) in [4.78, 5) is 15.4. The molecule has 5 nitrogen and oxygen atoms in total. The largest absolute Gasteiger partial charge is 0.395 e. The van der Waals surface area contributed by atoms with Crippen molar-refractivity contribution in [1.82, 2.24) is 14.7 Å². The van der Waals surface area contributed by atoms with Crippen molar-refractivity contribution in [2.24, 2.45) is 11.3 Å². The Labute approximate surface area is 203 Å². The zero-order chi connectivity index (χ0) is 24.7. The second-order valence-electron chi connectivity index (χ2n) is 9.87. The number of benzene rings is 2. The minimum absolute atomic E-state index is 0.0136. The van der Waals surface area contributed by atoms with Gasteiger partial charge in [0.1, 0.15) is 11.6 Å². The van der Waals surface area contributed by atoms with Crippen molar-refractivity contribution < 1.29 is 18.7 Å². The predicted octanol–water partition coefficient (Wildman–Crippen LogP) is 4.84. The number of aromatic nitrogens is 2. The minimum atomic E-state index is -0.354. The first kappa shape index (κ1) is 23.4. The lowest BCUT2D eigenvalue weighted by Crippen LogP contribution is -2.43. The van der Waals surface area contributed by atoms with Crippen LogP contribution in [0, 0.1) is 29.9 Å². The topological polar surface area (TPSA) is 58.4 Å². The molecule has 0 spiro atoms. The van der Waals surface area contributed by atoms with Gasteiger partial charge >= 0.3 is 0 Å². The van der Waals surface area contributed by atoms with E-state index in [-0.39, 0.29) is 48.6 Å². The van der Waals surface area contributed by atoms with Gasteiger partial charge < -0.3 is 10.0 Å². The van der Waals surface area contributed by atoms with Crippen LogP contribution < -0.4 is 0 Å². The molecule has 0 unspecified atom stereocenters. The van der Waals surface area contributed by atoms with Gasteiger partial charge in [0.25, 0.3) is 0 Å². The number of carbonyl (C=O) groups excluding carboxylic acids is 1. The maximum Gasteiger partial charge on any atom is 0.226 e. The number of fused-ring (bicyclic) bond motifs is 2. The fraction of sp³-hybridized carbons (Fsp3) is 0.357. The second kappa shape index (κ2) is 9.04. The van der Waals surface area contributed by atoms with Crippen LogP contribution in [0.3, 0.4) is 0 Å². The highest BCUT2D eigenvalue weighted by Crippen LogP contribution is 2.53. The lowest BCUT2D eigenvalue weighted by Gasteiger charge is -2.37. The number of amides is 1. The van der Waals surface area contributed by atoms with Crippen LogP contribution in [0.15, 0.2) is 54.2 Å². The third kappa shape index (κ3) is 4.18. The van der Waals surface area contributed by atoms with Crippen LogP contribution in [0.2, 0.25) is 0 Å². The molecule has 2 aliphatic carbocycles. The Morgan fingerprint density at radius 2 is 2.00 bits per heavy atom. The van der Waals surface area contributed by atoms with E-state index in [0.717, 1.165) is 29.8 Å². The Balaban J connectivity index is 1.41. The molecule has 35 heavy (non-hydrogen) atoms. The van der Waals surface area contributed by atoms with Crippen LogP contribution in [-0.2, 0) is 17.8 Å². The molecule has 2 aromatic carbocycles. The van der Waals surface area contributed by atoms with Crippen molar-refractivity contribution in [3.63, 3.8) is 0 Å². The smallest absolute Gasteiger partial charge is 0.226 e. The van der Waals surface area contributed by atoms with Gasteiger partial charge in [0.15, 0.2) is 0 Å². The number of hydrogen-bond donors (Lipinski definition) is 1. The van der Waals surface area contributed by atoms with Crippen LogP contribution in [0.1, 0.15) is 42.1 Å². The fourth-order valence-corrected chi connectivity index (χ4v) is 5.59. The van der Waals surface area contributed by atoms with E-state index in [2.05, 4.69) is 18.1 Å². The molecule has 1 N–H and O–H groups in total. The minimum Gasteiger partial charge on any atom is -0.395 e. The normalized spacial score (nSPS) is 20.8. The fourth-order valence-electron chi connectivity index (χ4n) is 5.59. The summed E-state index contributed by atoms with van der Waals surface area (Å²) in [6, 6.07) is 11.3. The highest BCUT2D eigenvalue weighted by molar-refractivity contribution is 5.82. The summed E-state index contributed by atoms with van der Waals surface area (Å²) >= 11 is 0. The molecule has 2 aliphatic rings. The molecule has 1 fully saturated rings. The van der Waals surface area contributed by atoms with Gasteiger partial charge in [0.05, 0.1) is 24.2 Å².